The third-order valence-corrected chi connectivity index (χ3v) is 1.66. The third-order valence-electron chi connectivity index (χ3n) is 1.66. The van der Waals surface area contributed by atoms with Gasteiger partial charge in [-0.05, 0) is 0 Å². The Kier molecular flexibility index (Phi) is 18.5. The van der Waals surface area contributed by atoms with Gasteiger partial charge < -0.3 is 18.6 Å². The maximum absolute atomic E-state index is 7.28. The summed E-state index contributed by atoms with van der Waals surface area (Å²) >= 11 is 0. The van der Waals surface area contributed by atoms with E-state index in [4.69, 9.17) is 5.73 Å². The molecule has 2 unspecified atom stereocenters. The maximum Gasteiger partial charge on any atom is 2.00 e. The first-order valence-electron chi connectivity index (χ1n) is 5.85. The van der Waals surface area contributed by atoms with Crippen LogP contribution in [-0.2, 0) is 21.1 Å². The summed E-state index contributed by atoms with van der Waals surface area (Å²) < 4.78 is 0. The van der Waals surface area contributed by atoms with E-state index >= 15 is 0 Å². The molecule has 0 saturated heterocycles. The van der Waals surface area contributed by atoms with Gasteiger partial charge in [0, 0.05) is 0 Å². The van der Waals surface area contributed by atoms with Crippen LogP contribution in [0.5, 0.6) is 0 Å². The molecule has 1 fully saturated rings. The smallest absolute Gasteiger partial charge is 0.677 e. The monoisotopic (exact) mass is 406 g/mol. The summed E-state index contributed by atoms with van der Waals surface area (Å²) in [5.74, 6) is 3.26. The van der Waals surface area contributed by atoms with E-state index in [2.05, 4.69) is 48.5 Å². The fourth-order valence-electron chi connectivity index (χ4n) is 1.04. The number of rotatable bonds is 0. The van der Waals surface area contributed by atoms with Crippen LogP contribution in [0.25, 0.3) is 5.73 Å². The molecule has 1 saturated carbocycles. The van der Waals surface area contributed by atoms with Gasteiger partial charge in [-0.3, -0.25) is 0 Å². The predicted octanol–water partition coefficient (Wildman–Crippen LogP) is 5.28. The van der Waals surface area contributed by atoms with Crippen LogP contribution in [0.1, 0.15) is 60.8 Å². The van der Waals surface area contributed by atoms with E-state index < -0.39 is 0 Å². The molecule has 2 atom stereocenters. The van der Waals surface area contributed by atoms with E-state index in [1.807, 2.05) is 0 Å². The average molecular weight is 406 g/mol. The van der Waals surface area contributed by atoms with E-state index in [1.165, 1.54) is 24.7 Å². The minimum Gasteiger partial charge on any atom is -0.677 e. The molecule has 0 amide bonds. The number of hydrogen-bond donors (Lipinski definition) is 0. The van der Waals surface area contributed by atoms with Crippen molar-refractivity contribution in [3.8, 4) is 0 Å². The SMILES string of the molecule is C[C+](C)C.C[C-](C)C.[CH2-]C1CCCC1[NH-].[Pt+2]. The van der Waals surface area contributed by atoms with Crippen molar-refractivity contribution in [3.63, 3.8) is 0 Å². The normalized spacial score (nSPS) is 22.3. The summed E-state index contributed by atoms with van der Waals surface area (Å²) in [6.45, 7) is 16.3. The molecule has 0 bridgehead atoms. The molecule has 0 heterocycles. The number of nitrogens with one attached hydrogen (secondary N) is 1. The van der Waals surface area contributed by atoms with Crippen molar-refractivity contribution < 1.29 is 21.1 Å². The van der Waals surface area contributed by atoms with Crippen LogP contribution in [0.2, 0.25) is 0 Å². The molecule has 0 radical (unpaired) electrons. The molecule has 2 heteroatoms. The Labute approximate surface area is 118 Å². The van der Waals surface area contributed by atoms with E-state index in [1.54, 1.807) is 0 Å². The molecule has 1 aliphatic carbocycles. The van der Waals surface area contributed by atoms with Gasteiger partial charge >= 0.3 is 21.1 Å². The van der Waals surface area contributed by atoms with Crippen LogP contribution in [0.15, 0.2) is 0 Å². The largest absolute Gasteiger partial charge is 2.00 e. The van der Waals surface area contributed by atoms with Crippen LogP contribution in [0.4, 0.5) is 0 Å². The quantitative estimate of drug-likeness (QED) is 0.489. The van der Waals surface area contributed by atoms with Crippen molar-refractivity contribution in [2.75, 3.05) is 0 Å². The van der Waals surface area contributed by atoms with Gasteiger partial charge in [0.1, 0.15) is 0 Å². The summed E-state index contributed by atoms with van der Waals surface area (Å²) in [5, 5.41) is 0. The molecule has 1 rings (SSSR count). The van der Waals surface area contributed by atoms with Gasteiger partial charge in [-0.25, -0.2) is 0 Å². The van der Waals surface area contributed by atoms with E-state index in [9.17, 15) is 0 Å². The Morgan fingerprint density at radius 3 is 1.50 bits per heavy atom. The zero-order valence-corrected chi connectivity index (χ0v) is 14.1. The molecule has 100 valence electrons. The van der Waals surface area contributed by atoms with E-state index in [0.29, 0.717) is 5.92 Å². The van der Waals surface area contributed by atoms with Gasteiger partial charge in [0.05, 0.1) is 26.7 Å². The molecule has 0 aromatic heterocycles. The van der Waals surface area contributed by atoms with Crippen LogP contribution in [-0.4, -0.2) is 6.04 Å². The third kappa shape index (κ3) is 24.0. The molecule has 0 spiro atoms. The zero-order chi connectivity index (χ0) is 12.4. The van der Waals surface area contributed by atoms with Crippen molar-refractivity contribution in [1.29, 1.82) is 0 Å². The summed E-state index contributed by atoms with van der Waals surface area (Å²) in [4.78, 5) is 0. The molecule has 1 nitrogen and oxygen atoms in total. The van der Waals surface area contributed by atoms with Crippen LogP contribution in [0, 0.1) is 24.7 Å². The molecule has 0 aromatic carbocycles. The molecule has 0 aromatic rings. The Bertz CT molecular complexity index is 104. The first kappa shape index (κ1) is 21.8. The van der Waals surface area contributed by atoms with Crippen molar-refractivity contribution in [2.24, 2.45) is 5.92 Å². The first-order valence-corrected chi connectivity index (χ1v) is 5.85. The molecular weight excluding hydrogens is 377 g/mol. The second-order valence-corrected chi connectivity index (χ2v) is 5.30. The van der Waals surface area contributed by atoms with Gasteiger partial charge in [-0.1, -0.05) is 19.3 Å². The summed E-state index contributed by atoms with van der Waals surface area (Å²) in [5.41, 5.74) is 7.28. The van der Waals surface area contributed by atoms with Crippen molar-refractivity contribution >= 4 is 0 Å². The summed E-state index contributed by atoms with van der Waals surface area (Å²) in [6.07, 6.45) is 3.48. The fourth-order valence-corrected chi connectivity index (χ4v) is 1.04. The second kappa shape index (κ2) is 13.6. The van der Waals surface area contributed by atoms with Crippen molar-refractivity contribution in [3.05, 3.63) is 24.5 Å². The Morgan fingerprint density at radius 1 is 1.12 bits per heavy atom. The predicted molar refractivity (Wildman–Crippen MR) is 71.3 cm³/mol. The summed E-state index contributed by atoms with van der Waals surface area (Å²) in [7, 11) is 0. The van der Waals surface area contributed by atoms with E-state index in [-0.39, 0.29) is 27.1 Å². The Morgan fingerprint density at radius 2 is 1.44 bits per heavy atom. The average Bonchev–Trinajstić information content (AvgIpc) is 2.33. The van der Waals surface area contributed by atoms with Crippen LogP contribution < -0.4 is 0 Å². The van der Waals surface area contributed by atoms with Gasteiger partial charge in [0.15, 0.2) is 0 Å². The molecule has 16 heavy (non-hydrogen) atoms. The minimum atomic E-state index is 0. The first-order chi connectivity index (χ1) is 6.77. The van der Waals surface area contributed by atoms with Gasteiger partial charge in [-0.2, -0.15) is 32.7 Å². The standard InChI is InChI=1S/C6H11N.2C4H9.Pt/c1-5-3-2-4-6(5)7;2*1-4(2)3;/h5-7H,1-4H2;2*1-3H3;/q-2;-1;+1;+2. The van der Waals surface area contributed by atoms with Gasteiger partial charge in [0.25, 0.3) is 0 Å². The topological polar surface area (TPSA) is 23.8 Å². The van der Waals surface area contributed by atoms with Crippen LogP contribution >= 0.6 is 0 Å². The minimum absolute atomic E-state index is 0. The molecule has 1 aliphatic rings. The van der Waals surface area contributed by atoms with Gasteiger partial charge in [0.2, 0.25) is 0 Å². The van der Waals surface area contributed by atoms with Crippen molar-refractivity contribution in [2.45, 2.75) is 66.8 Å². The molecule has 1 N–H and O–H groups in total. The fraction of sp³-hybridized carbons (Fsp3) is 0.786. The maximum atomic E-state index is 7.28. The zero-order valence-electron chi connectivity index (χ0n) is 11.8. The Hall–Kier alpha value is 0.518. The molecular formula is C14H29NPt. The van der Waals surface area contributed by atoms with E-state index in [0.717, 1.165) is 6.42 Å². The number of hydrogen-bond acceptors (Lipinski definition) is 0. The van der Waals surface area contributed by atoms with Gasteiger partial charge in [-0.15, -0.1) is 0 Å². The molecule has 0 aliphatic heterocycles. The van der Waals surface area contributed by atoms with Crippen LogP contribution in [0.3, 0.4) is 0 Å². The van der Waals surface area contributed by atoms with Crippen molar-refractivity contribution in [1.82, 2.24) is 0 Å². The Balaban J connectivity index is -0.000000166. The second-order valence-electron chi connectivity index (χ2n) is 5.30. The summed E-state index contributed by atoms with van der Waals surface area (Å²) in [6, 6.07) is 0.153.